The molecule has 0 amide bonds. The molecule has 4 heteroatoms. The average Bonchev–Trinajstić information content (AvgIpc) is 3.80. The highest BCUT2D eigenvalue weighted by molar-refractivity contribution is 7.25. The molecule has 0 bridgehead atoms. The predicted molar refractivity (Wildman–Crippen MR) is 230 cm³/mol. The number of thiophene rings is 1. The Balaban J connectivity index is 1.14. The van der Waals surface area contributed by atoms with Crippen LogP contribution in [-0.2, 0) is 5.41 Å². The quantitative estimate of drug-likeness (QED) is 0.182. The highest BCUT2D eigenvalue weighted by Crippen LogP contribution is 2.50. The minimum absolute atomic E-state index is 0.0715. The molecule has 8 aromatic carbocycles. The average molecular weight is 693 g/mol. The second-order valence-electron chi connectivity index (χ2n) is 15.3. The SMILES string of the molecule is CC1(C)c2ccccc2-c2ccc(Nc3ccc4ccccc4c3-c3c4c(cc5ccccc35)-n3c5sc6ccccc6c5c5cccc(c53)B4)cc21. The van der Waals surface area contributed by atoms with Gasteiger partial charge in [-0.1, -0.05) is 141 Å². The molecule has 0 fully saturated rings. The zero-order valence-corrected chi connectivity index (χ0v) is 30.3. The highest BCUT2D eigenvalue weighted by Gasteiger charge is 2.35. The maximum absolute atomic E-state index is 4.01. The van der Waals surface area contributed by atoms with Crippen molar-refractivity contribution in [3.05, 3.63) is 163 Å². The van der Waals surface area contributed by atoms with E-state index < -0.39 is 0 Å². The van der Waals surface area contributed by atoms with Crippen LogP contribution in [0.5, 0.6) is 0 Å². The van der Waals surface area contributed by atoms with Crippen molar-refractivity contribution in [1.29, 1.82) is 0 Å². The fraction of sp³-hybridized carbons (Fsp3) is 0.0612. The Morgan fingerprint density at radius 1 is 0.585 bits per heavy atom. The fourth-order valence-electron chi connectivity index (χ4n) is 9.79. The molecule has 1 N–H and O–H groups in total. The van der Waals surface area contributed by atoms with Crippen LogP contribution >= 0.6 is 11.3 Å². The van der Waals surface area contributed by atoms with Crippen molar-refractivity contribution < 1.29 is 0 Å². The van der Waals surface area contributed by atoms with Crippen LogP contribution < -0.4 is 16.2 Å². The minimum atomic E-state index is -0.0715. The molecule has 3 heterocycles. The molecule has 2 nitrogen and oxygen atoms in total. The third-order valence-electron chi connectivity index (χ3n) is 12.2. The van der Waals surface area contributed by atoms with Gasteiger partial charge in [-0.2, -0.15) is 0 Å². The Morgan fingerprint density at radius 3 is 2.19 bits per heavy atom. The van der Waals surface area contributed by atoms with Gasteiger partial charge in [0.15, 0.2) is 7.28 Å². The summed E-state index contributed by atoms with van der Waals surface area (Å²) in [6.45, 7) is 4.71. The highest BCUT2D eigenvalue weighted by atomic mass is 32.1. The van der Waals surface area contributed by atoms with Gasteiger partial charge in [-0.05, 0) is 85.2 Å². The largest absolute Gasteiger partial charge is 0.355 e. The predicted octanol–water partition coefficient (Wildman–Crippen LogP) is 11.7. The summed E-state index contributed by atoms with van der Waals surface area (Å²) in [5.74, 6) is 0. The van der Waals surface area contributed by atoms with Crippen molar-refractivity contribution >= 4 is 93.7 Å². The van der Waals surface area contributed by atoms with Gasteiger partial charge in [-0.25, -0.2) is 0 Å². The van der Waals surface area contributed by atoms with Crippen LogP contribution in [0.25, 0.3) is 80.7 Å². The molecule has 1 aliphatic heterocycles. The topological polar surface area (TPSA) is 17.0 Å². The van der Waals surface area contributed by atoms with Gasteiger partial charge in [0.1, 0.15) is 4.83 Å². The summed E-state index contributed by atoms with van der Waals surface area (Å²) in [7, 11) is 0.871. The molecule has 0 saturated heterocycles. The van der Waals surface area contributed by atoms with Crippen LogP contribution in [0.3, 0.4) is 0 Å². The van der Waals surface area contributed by atoms with Crippen LogP contribution in [0.2, 0.25) is 0 Å². The molecule has 0 saturated carbocycles. The number of anilines is 2. The summed E-state index contributed by atoms with van der Waals surface area (Å²) >= 11 is 1.91. The molecule has 2 aromatic heterocycles. The third-order valence-corrected chi connectivity index (χ3v) is 13.3. The van der Waals surface area contributed by atoms with Gasteiger partial charge in [0.25, 0.3) is 0 Å². The summed E-state index contributed by atoms with van der Waals surface area (Å²) in [4.78, 5) is 1.33. The van der Waals surface area contributed by atoms with Gasteiger partial charge >= 0.3 is 0 Å². The van der Waals surface area contributed by atoms with Gasteiger partial charge in [-0.3, -0.25) is 0 Å². The first-order valence-corrected chi connectivity index (χ1v) is 19.4. The molecule has 53 heavy (non-hydrogen) atoms. The van der Waals surface area contributed by atoms with E-state index >= 15 is 0 Å². The van der Waals surface area contributed by atoms with Gasteiger partial charge in [0.2, 0.25) is 0 Å². The number of benzene rings is 8. The smallest absolute Gasteiger partial charge is 0.198 e. The van der Waals surface area contributed by atoms with Crippen molar-refractivity contribution in [1.82, 2.24) is 4.57 Å². The standard InChI is InChI=1S/C49H33BN2S/c1-49(2)37-19-9-7-16-33(37)34-24-23-30(27-38(34)49)51-40-25-22-28-12-3-5-14-31(28)44(40)45-32-15-6-4-13-29(32)26-41-46(45)50-39-20-11-18-36-43-35-17-8-10-21-42(35)53-48(43)52(41)47(36)39/h3-27,50-51H,1-2H3. The summed E-state index contributed by atoms with van der Waals surface area (Å²) in [6.07, 6.45) is 0. The first-order valence-electron chi connectivity index (χ1n) is 18.6. The van der Waals surface area contributed by atoms with Crippen LogP contribution in [0.15, 0.2) is 152 Å². The van der Waals surface area contributed by atoms with Gasteiger partial charge in [-0.15, -0.1) is 11.3 Å². The summed E-state index contributed by atoms with van der Waals surface area (Å²) in [6, 6.07) is 56.6. The van der Waals surface area contributed by atoms with Crippen molar-refractivity contribution in [2.75, 3.05) is 5.32 Å². The molecule has 10 aromatic rings. The van der Waals surface area contributed by atoms with E-state index in [0.717, 1.165) is 18.7 Å². The van der Waals surface area contributed by atoms with E-state index in [2.05, 4.69) is 175 Å². The fourth-order valence-corrected chi connectivity index (χ4v) is 11.0. The monoisotopic (exact) mass is 692 g/mol. The lowest BCUT2D eigenvalue weighted by Crippen LogP contribution is -2.37. The van der Waals surface area contributed by atoms with E-state index in [4.69, 9.17) is 0 Å². The van der Waals surface area contributed by atoms with Crippen molar-refractivity contribution in [3.63, 3.8) is 0 Å². The van der Waals surface area contributed by atoms with Gasteiger partial charge in [0, 0.05) is 54.4 Å². The Kier molecular flexibility index (Phi) is 5.84. The number of para-hydroxylation sites is 1. The van der Waals surface area contributed by atoms with E-state index in [9.17, 15) is 0 Å². The maximum Gasteiger partial charge on any atom is 0.198 e. The summed E-state index contributed by atoms with van der Waals surface area (Å²) < 4.78 is 3.93. The lowest BCUT2D eigenvalue weighted by Gasteiger charge is -2.27. The second-order valence-corrected chi connectivity index (χ2v) is 16.4. The van der Waals surface area contributed by atoms with Crippen molar-refractivity contribution in [3.8, 4) is 27.9 Å². The van der Waals surface area contributed by atoms with E-state index in [1.807, 2.05) is 11.3 Å². The molecule has 0 unspecified atom stereocenters. The van der Waals surface area contributed by atoms with Gasteiger partial charge in [0.05, 0.1) is 0 Å². The number of aromatic nitrogens is 1. The van der Waals surface area contributed by atoms with Crippen LogP contribution in [0, 0.1) is 0 Å². The number of hydrogen-bond acceptors (Lipinski definition) is 2. The second kappa shape index (κ2) is 10.5. The zero-order chi connectivity index (χ0) is 35.0. The number of rotatable bonds is 3. The Hall–Kier alpha value is -6.10. The molecular formula is C49H33BN2S. The molecule has 0 spiro atoms. The third kappa shape index (κ3) is 3.94. The lowest BCUT2D eigenvalue weighted by molar-refractivity contribution is 0.660. The first kappa shape index (κ1) is 29.5. The number of fused-ring (bicyclic) bond motifs is 12. The van der Waals surface area contributed by atoms with E-state index in [0.29, 0.717) is 0 Å². The van der Waals surface area contributed by atoms with Crippen molar-refractivity contribution in [2.45, 2.75) is 19.3 Å². The molecule has 12 rings (SSSR count). The number of nitrogens with zero attached hydrogens (tertiary/aromatic N) is 1. The first-order chi connectivity index (χ1) is 26.0. The molecule has 1 aliphatic carbocycles. The maximum atomic E-state index is 4.01. The molecular weight excluding hydrogens is 659 g/mol. The zero-order valence-electron chi connectivity index (χ0n) is 29.5. The van der Waals surface area contributed by atoms with E-state index in [-0.39, 0.29) is 5.41 Å². The van der Waals surface area contributed by atoms with Crippen molar-refractivity contribution in [2.24, 2.45) is 0 Å². The summed E-state index contributed by atoms with van der Waals surface area (Å²) in [5, 5.41) is 13.1. The van der Waals surface area contributed by atoms with E-state index in [1.165, 1.54) is 103 Å². The Morgan fingerprint density at radius 2 is 1.30 bits per heavy atom. The lowest BCUT2D eigenvalue weighted by atomic mass is 9.58. The Labute approximate surface area is 312 Å². The van der Waals surface area contributed by atoms with E-state index in [1.54, 1.807) is 0 Å². The van der Waals surface area contributed by atoms with Crippen LogP contribution in [-0.4, -0.2) is 11.8 Å². The number of hydrogen-bond donors (Lipinski definition) is 1. The van der Waals surface area contributed by atoms with Crippen LogP contribution in [0.4, 0.5) is 11.4 Å². The summed E-state index contributed by atoms with van der Waals surface area (Å²) in [5.41, 5.74) is 15.6. The van der Waals surface area contributed by atoms with Crippen LogP contribution in [0.1, 0.15) is 25.0 Å². The Bertz CT molecular complexity index is 3220. The van der Waals surface area contributed by atoms with Gasteiger partial charge < -0.3 is 9.88 Å². The molecule has 0 radical (unpaired) electrons. The minimum Gasteiger partial charge on any atom is -0.355 e. The number of nitrogens with one attached hydrogen (secondary N) is 1. The molecule has 0 atom stereocenters. The normalized spacial score (nSPS) is 13.8. The molecule has 248 valence electrons. The molecule has 2 aliphatic rings.